The van der Waals surface area contributed by atoms with Crippen LogP contribution in [0.2, 0.25) is 0 Å². The molecule has 2 aromatic rings. The highest BCUT2D eigenvalue weighted by atomic mass is 16.2. The maximum atomic E-state index is 13.4. The molecule has 1 N–H and O–H groups in total. The fraction of sp³-hybridized carbons (Fsp3) is 0.571. The predicted molar refractivity (Wildman–Crippen MR) is 108 cm³/mol. The summed E-state index contributed by atoms with van der Waals surface area (Å²) < 4.78 is 2.23. The maximum absolute atomic E-state index is 13.4. The van der Waals surface area contributed by atoms with Crippen LogP contribution >= 0.6 is 0 Å². The minimum absolute atomic E-state index is 0.0329. The standard InChI is InChI=1S/C21H28N6O/c1-25-11-2-4-15-14-16(6-7-17(15)25)21(28)26-12-3-5-18(26)20-24-23-19-8-9-22-10-13-27(19)20/h6-7,14,18,22H,2-5,8-13H2,1H3/t18-/m0/s1. The van der Waals surface area contributed by atoms with Crippen molar-refractivity contribution in [2.24, 2.45) is 0 Å². The van der Waals surface area contributed by atoms with Crippen molar-refractivity contribution in [2.45, 2.75) is 44.7 Å². The van der Waals surface area contributed by atoms with E-state index in [0.29, 0.717) is 0 Å². The number of carbonyl (C=O) groups excluding carboxylic acids is 1. The molecule has 0 saturated carbocycles. The van der Waals surface area contributed by atoms with E-state index in [0.717, 1.165) is 82.0 Å². The molecule has 1 amide bonds. The van der Waals surface area contributed by atoms with E-state index in [4.69, 9.17) is 0 Å². The molecular formula is C21H28N6O. The second-order valence-electron chi connectivity index (χ2n) is 8.15. The molecule has 1 fully saturated rings. The number of amides is 1. The number of carbonyl (C=O) groups is 1. The van der Waals surface area contributed by atoms with Crippen LogP contribution in [0.3, 0.4) is 0 Å². The number of rotatable bonds is 2. The largest absolute Gasteiger partial charge is 0.374 e. The molecule has 0 radical (unpaired) electrons. The van der Waals surface area contributed by atoms with Crippen molar-refractivity contribution in [1.82, 2.24) is 25.0 Å². The normalized spacial score (nSPS) is 22.0. The molecule has 3 aliphatic rings. The van der Waals surface area contributed by atoms with Crippen LogP contribution in [0.5, 0.6) is 0 Å². The molecule has 148 valence electrons. The van der Waals surface area contributed by atoms with Gasteiger partial charge in [-0.1, -0.05) is 0 Å². The molecule has 7 heteroatoms. The van der Waals surface area contributed by atoms with Gasteiger partial charge in [0, 0.05) is 57.4 Å². The third-order valence-electron chi connectivity index (χ3n) is 6.38. The maximum Gasteiger partial charge on any atom is 0.254 e. The molecule has 1 aromatic heterocycles. The number of anilines is 1. The number of nitrogens with one attached hydrogen (secondary N) is 1. The van der Waals surface area contributed by atoms with Gasteiger partial charge in [-0.15, -0.1) is 10.2 Å². The average molecular weight is 380 g/mol. The molecule has 0 bridgehead atoms. The lowest BCUT2D eigenvalue weighted by atomic mass is 9.99. The Morgan fingerprint density at radius 3 is 2.96 bits per heavy atom. The van der Waals surface area contributed by atoms with Crippen molar-refractivity contribution in [3.8, 4) is 0 Å². The van der Waals surface area contributed by atoms with Gasteiger partial charge >= 0.3 is 0 Å². The molecule has 3 aliphatic heterocycles. The fourth-order valence-electron chi connectivity index (χ4n) is 4.90. The summed E-state index contributed by atoms with van der Waals surface area (Å²) in [6.07, 6.45) is 5.07. The summed E-state index contributed by atoms with van der Waals surface area (Å²) in [4.78, 5) is 17.7. The third-order valence-corrected chi connectivity index (χ3v) is 6.38. The van der Waals surface area contributed by atoms with E-state index in [-0.39, 0.29) is 11.9 Å². The van der Waals surface area contributed by atoms with E-state index < -0.39 is 0 Å². The first-order valence-corrected chi connectivity index (χ1v) is 10.5. The number of hydrogen-bond acceptors (Lipinski definition) is 5. The molecule has 4 heterocycles. The second-order valence-corrected chi connectivity index (χ2v) is 8.15. The van der Waals surface area contributed by atoms with Crippen molar-refractivity contribution < 1.29 is 4.79 Å². The van der Waals surface area contributed by atoms with E-state index in [1.807, 2.05) is 11.0 Å². The third kappa shape index (κ3) is 2.98. The van der Waals surface area contributed by atoms with Gasteiger partial charge in [-0.25, -0.2) is 0 Å². The van der Waals surface area contributed by atoms with Crippen LogP contribution in [0.4, 0.5) is 5.69 Å². The Balaban J connectivity index is 1.43. The van der Waals surface area contributed by atoms with Gasteiger partial charge in [0.05, 0.1) is 6.04 Å². The minimum Gasteiger partial charge on any atom is -0.374 e. The van der Waals surface area contributed by atoms with Gasteiger partial charge in [0.25, 0.3) is 5.91 Å². The number of aromatic nitrogens is 3. The molecule has 0 spiro atoms. The van der Waals surface area contributed by atoms with Crippen molar-refractivity contribution in [1.29, 1.82) is 0 Å². The molecule has 5 rings (SSSR count). The van der Waals surface area contributed by atoms with Crippen LogP contribution in [0, 0.1) is 0 Å². The molecule has 7 nitrogen and oxygen atoms in total. The Morgan fingerprint density at radius 1 is 1.11 bits per heavy atom. The van der Waals surface area contributed by atoms with Gasteiger partial charge in [-0.3, -0.25) is 4.79 Å². The highest BCUT2D eigenvalue weighted by Gasteiger charge is 2.35. The van der Waals surface area contributed by atoms with Crippen LogP contribution in [0.15, 0.2) is 18.2 Å². The van der Waals surface area contributed by atoms with E-state index >= 15 is 0 Å². The number of aryl methyl sites for hydroxylation is 1. The lowest BCUT2D eigenvalue weighted by Gasteiger charge is -2.29. The monoisotopic (exact) mass is 380 g/mol. The number of nitrogens with zero attached hydrogens (tertiary/aromatic N) is 5. The van der Waals surface area contributed by atoms with Crippen molar-refractivity contribution in [3.05, 3.63) is 41.0 Å². The van der Waals surface area contributed by atoms with Crippen molar-refractivity contribution in [3.63, 3.8) is 0 Å². The topological polar surface area (TPSA) is 66.3 Å². The second kappa shape index (κ2) is 7.20. The molecule has 1 saturated heterocycles. The smallest absolute Gasteiger partial charge is 0.254 e. The number of fused-ring (bicyclic) bond motifs is 2. The van der Waals surface area contributed by atoms with E-state index in [9.17, 15) is 4.79 Å². The van der Waals surface area contributed by atoms with Crippen molar-refractivity contribution >= 4 is 11.6 Å². The first-order valence-electron chi connectivity index (χ1n) is 10.5. The fourth-order valence-corrected chi connectivity index (χ4v) is 4.90. The van der Waals surface area contributed by atoms with E-state index in [1.165, 1.54) is 11.3 Å². The molecule has 1 atom stereocenters. The molecule has 0 unspecified atom stereocenters. The Kier molecular flexibility index (Phi) is 4.55. The SMILES string of the molecule is CN1CCCc2cc(C(=O)N3CCC[C@H]3c3nnc4n3CCNCC4)ccc21. The summed E-state index contributed by atoms with van der Waals surface area (Å²) in [5.74, 6) is 2.13. The van der Waals surface area contributed by atoms with Crippen LogP contribution in [0.25, 0.3) is 0 Å². The van der Waals surface area contributed by atoms with Crippen molar-refractivity contribution in [2.75, 3.05) is 38.1 Å². The molecule has 1 aromatic carbocycles. The van der Waals surface area contributed by atoms with Gasteiger partial charge in [-0.2, -0.15) is 0 Å². The van der Waals surface area contributed by atoms with Gasteiger partial charge in [-0.05, 0) is 49.4 Å². The highest BCUT2D eigenvalue weighted by molar-refractivity contribution is 5.95. The lowest BCUT2D eigenvalue weighted by Crippen LogP contribution is -2.33. The van der Waals surface area contributed by atoms with Gasteiger partial charge in [0.15, 0.2) is 5.82 Å². The summed E-state index contributed by atoms with van der Waals surface area (Å²) in [5.41, 5.74) is 3.35. The molecule has 28 heavy (non-hydrogen) atoms. The Hall–Kier alpha value is -2.41. The zero-order valence-corrected chi connectivity index (χ0v) is 16.5. The Labute approximate surface area is 165 Å². The zero-order chi connectivity index (χ0) is 19.1. The lowest BCUT2D eigenvalue weighted by molar-refractivity contribution is 0.0727. The van der Waals surface area contributed by atoms with Gasteiger partial charge < -0.3 is 19.7 Å². The summed E-state index contributed by atoms with van der Waals surface area (Å²) in [5, 5.41) is 12.4. The number of benzene rings is 1. The Bertz CT molecular complexity index is 891. The quantitative estimate of drug-likeness (QED) is 0.860. The van der Waals surface area contributed by atoms with E-state index in [1.54, 1.807) is 0 Å². The van der Waals surface area contributed by atoms with Crippen LogP contribution in [-0.2, 0) is 19.4 Å². The zero-order valence-electron chi connectivity index (χ0n) is 16.5. The minimum atomic E-state index is 0.0329. The Morgan fingerprint density at radius 2 is 2.04 bits per heavy atom. The number of likely N-dealkylation sites (tertiary alicyclic amines) is 1. The summed E-state index contributed by atoms with van der Waals surface area (Å²) in [6.45, 7) is 4.62. The van der Waals surface area contributed by atoms with Crippen LogP contribution in [0.1, 0.15) is 52.9 Å². The van der Waals surface area contributed by atoms with Crippen LogP contribution in [-0.4, -0.2) is 58.8 Å². The molecule has 0 aliphatic carbocycles. The summed E-state index contributed by atoms with van der Waals surface area (Å²) >= 11 is 0. The van der Waals surface area contributed by atoms with Gasteiger partial charge in [0.1, 0.15) is 5.82 Å². The van der Waals surface area contributed by atoms with Gasteiger partial charge in [0.2, 0.25) is 0 Å². The predicted octanol–water partition coefficient (Wildman–Crippen LogP) is 1.78. The summed E-state index contributed by atoms with van der Waals surface area (Å²) in [7, 11) is 2.13. The highest BCUT2D eigenvalue weighted by Crippen LogP contribution is 2.34. The first-order chi connectivity index (χ1) is 13.7. The molecular weight excluding hydrogens is 352 g/mol. The number of hydrogen-bond donors (Lipinski definition) is 1. The first kappa shape index (κ1) is 17.7. The van der Waals surface area contributed by atoms with E-state index in [2.05, 4.69) is 44.2 Å². The average Bonchev–Trinajstić information content (AvgIpc) is 3.28. The van der Waals surface area contributed by atoms with Crippen LogP contribution < -0.4 is 10.2 Å². The summed E-state index contributed by atoms with van der Waals surface area (Å²) in [6, 6.07) is 6.25.